The molecule has 0 spiro atoms. The first-order chi connectivity index (χ1) is 16.1. The van der Waals surface area contributed by atoms with Gasteiger partial charge in [0.25, 0.3) is 0 Å². The first-order valence-electron chi connectivity index (χ1n) is 10.7. The minimum Gasteiger partial charge on any atom is -0.378 e. The number of anilines is 2. The van der Waals surface area contributed by atoms with Crippen LogP contribution >= 0.6 is 23.3 Å². The van der Waals surface area contributed by atoms with Crippen molar-refractivity contribution in [2.75, 3.05) is 43.2 Å². The Balaban J connectivity index is 1.62. The van der Waals surface area contributed by atoms with Gasteiger partial charge in [-0.3, -0.25) is 4.72 Å². The number of thiophene rings is 1. The lowest BCUT2D eigenvalue weighted by Gasteiger charge is -2.28. The van der Waals surface area contributed by atoms with E-state index in [1.54, 1.807) is 35.7 Å². The second-order valence-corrected chi connectivity index (χ2v) is 9.47. The molecular formula is C23H25N7OS2. The van der Waals surface area contributed by atoms with Crippen LogP contribution in [0, 0.1) is 6.92 Å². The number of aryl methyl sites for hydroxylation is 1. The number of fused-ring (bicyclic) bond motifs is 1. The van der Waals surface area contributed by atoms with Gasteiger partial charge in [0.15, 0.2) is 11.6 Å². The molecule has 3 N–H and O–H groups in total. The lowest BCUT2D eigenvalue weighted by Crippen LogP contribution is -2.36. The van der Waals surface area contributed by atoms with Crippen LogP contribution in [0.1, 0.15) is 11.1 Å². The fourth-order valence-electron chi connectivity index (χ4n) is 3.85. The molecule has 4 heterocycles. The largest absolute Gasteiger partial charge is 0.378 e. The number of morpholine rings is 1. The molecule has 0 saturated carbocycles. The maximum Gasteiger partial charge on any atom is 0.219 e. The summed E-state index contributed by atoms with van der Waals surface area (Å²) in [6, 6.07) is 8.72. The predicted molar refractivity (Wildman–Crippen MR) is 136 cm³/mol. The van der Waals surface area contributed by atoms with Gasteiger partial charge < -0.3 is 15.4 Å². The van der Waals surface area contributed by atoms with Crippen molar-refractivity contribution in [3.63, 3.8) is 0 Å². The molecule has 4 aromatic rings. The Morgan fingerprint density at radius 3 is 2.52 bits per heavy atom. The minimum atomic E-state index is 0.235. The Kier molecular flexibility index (Phi) is 6.41. The molecule has 1 aromatic carbocycles. The maximum absolute atomic E-state index is 5.68. The highest BCUT2D eigenvalue weighted by Crippen LogP contribution is 2.42. The van der Waals surface area contributed by atoms with Gasteiger partial charge in [0.2, 0.25) is 5.95 Å². The van der Waals surface area contributed by atoms with Crippen molar-refractivity contribution in [1.29, 1.82) is 0 Å². The number of benzene rings is 1. The quantitative estimate of drug-likeness (QED) is 0.399. The van der Waals surface area contributed by atoms with E-state index in [-0.39, 0.29) is 5.95 Å². The lowest BCUT2D eigenvalue weighted by atomic mass is 10.1. The molecule has 0 unspecified atom stereocenters. The van der Waals surface area contributed by atoms with Gasteiger partial charge in [0.05, 0.1) is 29.0 Å². The topological polar surface area (TPSA) is 102 Å². The number of rotatable bonds is 6. The van der Waals surface area contributed by atoms with Gasteiger partial charge in [-0.05, 0) is 29.9 Å². The molecule has 170 valence electrons. The fraction of sp³-hybridized carbons (Fsp3) is 0.304. The molecule has 1 saturated heterocycles. The van der Waals surface area contributed by atoms with Crippen LogP contribution in [0.2, 0.25) is 0 Å². The smallest absolute Gasteiger partial charge is 0.219 e. The normalized spacial score (nSPS) is 14.2. The number of nitrogens with one attached hydrogen (secondary N) is 1. The maximum atomic E-state index is 5.68. The second-order valence-electron chi connectivity index (χ2n) is 7.76. The molecular weight excluding hydrogens is 454 g/mol. The van der Waals surface area contributed by atoms with E-state index in [0.29, 0.717) is 19.0 Å². The summed E-state index contributed by atoms with van der Waals surface area (Å²) in [7, 11) is 0. The molecule has 33 heavy (non-hydrogen) atoms. The van der Waals surface area contributed by atoms with E-state index in [1.807, 2.05) is 6.26 Å². The molecule has 0 amide bonds. The fourth-order valence-corrected chi connectivity index (χ4v) is 5.43. The zero-order chi connectivity index (χ0) is 22.8. The summed E-state index contributed by atoms with van der Waals surface area (Å²) in [4.78, 5) is 21.7. The first kappa shape index (κ1) is 22.0. The molecule has 10 heteroatoms. The van der Waals surface area contributed by atoms with Crippen LogP contribution in [0.15, 0.2) is 36.7 Å². The molecule has 1 aliphatic heterocycles. The van der Waals surface area contributed by atoms with Crippen LogP contribution in [0.5, 0.6) is 0 Å². The zero-order valence-electron chi connectivity index (χ0n) is 18.5. The van der Waals surface area contributed by atoms with Crippen molar-refractivity contribution >= 4 is 45.3 Å². The monoisotopic (exact) mass is 479 g/mol. The van der Waals surface area contributed by atoms with Gasteiger partial charge in [-0.15, -0.1) is 11.3 Å². The summed E-state index contributed by atoms with van der Waals surface area (Å²) in [5.74, 6) is 1.78. The highest BCUT2D eigenvalue weighted by atomic mass is 32.2. The lowest BCUT2D eigenvalue weighted by molar-refractivity contribution is 0.122. The van der Waals surface area contributed by atoms with Crippen molar-refractivity contribution < 1.29 is 4.74 Å². The standard InChI is InChI=1S/C23H25N7OS2/c1-14-18-20(33-19(14)16-5-3-15(4-6-16)11-27-32-2)22(30-7-9-31-10-8-30)29-21(28-18)17-12-25-23(24)26-13-17/h3-6,12-13,27H,7-11H2,1-2H3,(H2,24,25,26). The van der Waals surface area contributed by atoms with Crippen LogP contribution in [0.25, 0.3) is 32.0 Å². The van der Waals surface area contributed by atoms with E-state index in [0.717, 1.165) is 46.8 Å². The molecule has 0 atom stereocenters. The highest BCUT2D eigenvalue weighted by molar-refractivity contribution is 7.96. The first-order valence-corrected chi connectivity index (χ1v) is 12.7. The molecule has 5 rings (SSSR count). The van der Waals surface area contributed by atoms with Crippen LogP contribution in [-0.2, 0) is 11.3 Å². The molecule has 1 aliphatic rings. The molecule has 0 aliphatic carbocycles. The van der Waals surface area contributed by atoms with Crippen molar-refractivity contribution in [3.05, 3.63) is 47.8 Å². The van der Waals surface area contributed by atoms with E-state index in [1.165, 1.54) is 16.0 Å². The Morgan fingerprint density at radius 2 is 1.82 bits per heavy atom. The van der Waals surface area contributed by atoms with E-state index in [9.17, 15) is 0 Å². The minimum absolute atomic E-state index is 0.235. The summed E-state index contributed by atoms with van der Waals surface area (Å²) in [6.45, 7) is 5.95. The predicted octanol–water partition coefficient (Wildman–Crippen LogP) is 3.91. The molecule has 1 fully saturated rings. The van der Waals surface area contributed by atoms with Crippen LogP contribution < -0.4 is 15.4 Å². The van der Waals surface area contributed by atoms with Gasteiger partial charge in [-0.25, -0.2) is 19.9 Å². The Morgan fingerprint density at radius 1 is 1.09 bits per heavy atom. The number of ether oxygens (including phenoxy) is 1. The highest BCUT2D eigenvalue weighted by Gasteiger charge is 2.23. The summed E-state index contributed by atoms with van der Waals surface area (Å²) in [6.07, 6.45) is 5.39. The summed E-state index contributed by atoms with van der Waals surface area (Å²) < 4.78 is 9.96. The van der Waals surface area contributed by atoms with Crippen molar-refractivity contribution in [2.45, 2.75) is 13.5 Å². The summed E-state index contributed by atoms with van der Waals surface area (Å²) >= 11 is 3.37. The number of hydrogen-bond donors (Lipinski definition) is 2. The van der Waals surface area contributed by atoms with Crippen molar-refractivity contribution in [2.24, 2.45) is 0 Å². The third-order valence-electron chi connectivity index (χ3n) is 5.62. The van der Waals surface area contributed by atoms with Crippen LogP contribution in [0.3, 0.4) is 0 Å². The molecule has 3 aromatic heterocycles. The third kappa shape index (κ3) is 4.51. The SMILES string of the molecule is CSNCc1ccc(-c2sc3c(N4CCOCC4)nc(-c4cnc(N)nc4)nc3c2C)cc1. The van der Waals surface area contributed by atoms with E-state index in [2.05, 4.69) is 50.8 Å². The van der Waals surface area contributed by atoms with E-state index in [4.69, 9.17) is 20.4 Å². The molecule has 0 radical (unpaired) electrons. The van der Waals surface area contributed by atoms with Gasteiger partial charge >= 0.3 is 0 Å². The van der Waals surface area contributed by atoms with Crippen molar-refractivity contribution in [3.8, 4) is 21.8 Å². The number of hydrogen-bond acceptors (Lipinski definition) is 10. The average molecular weight is 480 g/mol. The van der Waals surface area contributed by atoms with Gasteiger partial charge in [-0.1, -0.05) is 36.2 Å². The number of nitrogens with two attached hydrogens (primary N) is 1. The van der Waals surface area contributed by atoms with Gasteiger partial charge in [-0.2, -0.15) is 0 Å². The zero-order valence-corrected chi connectivity index (χ0v) is 20.2. The summed E-state index contributed by atoms with van der Waals surface area (Å²) in [5.41, 5.74) is 11.0. The number of nitrogen functional groups attached to an aromatic ring is 1. The van der Waals surface area contributed by atoms with E-state index < -0.39 is 0 Å². The Labute approximate surface area is 200 Å². The third-order valence-corrected chi connectivity index (χ3v) is 7.38. The molecule has 8 nitrogen and oxygen atoms in total. The van der Waals surface area contributed by atoms with Crippen LogP contribution in [0.4, 0.5) is 11.8 Å². The number of nitrogens with zero attached hydrogens (tertiary/aromatic N) is 5. The second kappa shape index (κ2) is 9.60. The Bertz CT molecular complexity index is 1250. The van der Waals surface area contributed by atoms with Crippen LogP contribution in [-0.4, -0.2) is 52.5 Å². The Hall–Kier alpha value is -2.79. The van der Waals surface area contributed by atoms with E-state index >= 15 is 0 Å². The number of aromatic nitrogens is 4. The summed E-state index contributed by atoms with van der Waals surface area (Å²) in [5, 5.41) is 0. The van der Waals surface area contributed by atoms with Gasteiger partial charge in [0, 0.05) is 36.9 Å². The van der Waals surface area contributed by atoms with Crippen molar-refractivity contribution in [1.82, 2.24) is 24.7 Å². The average Bonchev–Trinajstić information content (AvgIpc) is 3.20. The molecule has 0 bridgehead atoms. The van der Waals surface area contributed by atoms with Gasteiger partial charge in [0.1, 0.15) is 0 Å².